The molecule has 1 heterocycles. The highest BCUT2D eigenvalue weighted by Gasteiger charge is 2.18. The fraction of sp³-hybridized carbons (Fsp3) is 0.533. The average Bonchev–Trinajstić information content (AvgIpc) is 3.11. The zero-order valence-corrected chi connectivity index (χ0v) is 15.4. The molecule has 6 nitrogen and oxygen atoms in total. The van der Waals surface area contributed by atoms with E-state index >= 15 is 0 Å². The summed E-state index contributed by atoms with van der Waals surface area (Å²) in [6, 6.07) is 2.08. The van der Waals surface area contributed by atoms with Gasteiger partial charge in [0.05, 0.1) is 4.90 Å². The molecule has 0 bridgehead atoms. The van der Waals surface area contributed by atoms with Gasteiger partial charge in [-0.3, -0.25) is 4.99 Å². The maximum absolute atomic E-state index is 12.3. The first kappa shape index (κ1) is 18.0. The van der Waals surface area contributed by atoms with Crippen LogP contribution in [0.5, 0.6) is 0 Å². The Hall–Kier alpha value is -1.38. The van der Waals surface area contributed by atoms with Crippen molar-refractivity contribution in [3.63, 3.8) is 0 Å². The third-order valence-corrected chi connectivity index (χ3v) is 6.25. The van der Waals surface area contributed by atoms with Crippen molar-refractivity contribution in [2.45, 2.75) is 37.6 Å². The van der Waals surface area contributed by atoms with Crippen LogP contribution in [0.4, 0.5) is 0 Å². The highest BCUT2D eigenvalue weighted by Crippen LogP contribution is 2.24. The molecule has 1 aromatic heterocycles. The number of aryl methyl sites for hydroxylation is 2. The first-order valence-corrected chi connectivity index (χ1v) is 9.91. The molecule has 1 aliphatic rings. The van der Waals surface area contributed by atoms with Crippen LogP contribution in [0.15, 0.2) is 28.1 Å². The first-order chi connectivity index (χ1) is 10.9. The van der Waals surface area contributed by atoms with Crippen molar-refractivity contribution in [2.24, 2.45) is 4.99 Å². The van der Waals surface area contributed by atoms with Crippen molar-refractivity contribution >= 4 is 27.3 Å². The van der Waals surface area contributed by atoms with Gasteiger partial charge in [0, 0.05) is 35.9 Å². The predicted molar refractivity (Wildman–Crippen MR) is 95.6 cm³/mol. The Labute approximate surface area is 142 Å². The third-order valence-electron chi connectivity index (χ3n) is 3.57. The average molecular weight is 357 g/mol. The van der Waals surface area contributed by atoms with Crippen LogP contribution < -0.4 is 15.4 Å². The highest BCUT2D eigenvalue weighted by atomic mass is 32.2. The van der Waals surface area contributed by atoms with Gasteiger partial charge >= 0.3 is 0 Å². The molecule has 1 aliphatic carbocycles. The van der Waals surface area contributed by atoms with Crippen LogP contribution in [-0.2, 0) is 10.0 Å². The minimum absolute atomic E-state index is 0.306. The summed E-state index contributed by atoms with van der Waals surface area (Å²) < 4.78 is 27.2. The Bertz CT molecular complexity index is 684. The maximum Gasteiger partial charge on any atom is 0.241 e. The van der Waals surface area contributed by atoms with Gasteiger partial charge in [0.25, 0.3) is 0 Å². The van der Waals surface area contributed by atoms with Crippen LogP contribution in [0.3, 0.4) is 0 Å². The minimum atomic E-state index is -3.45. The van der Waals surface area contributed by atoms with E-state index in [1.807, 2.05) is 13.8 Å². The van der Waals surface area contributed by atoms with Crippen LogP contribution in [0.25, 0.3) is 0 Å². The number of rotatable bonds is 6. The molecule has 0 unspecified atom stereocenters. The molecule has 0 spiro atoms. The molecule has 0 atom stereocenters. The molecular weight excluding hydrogens is 332 g/mol. The lowest BCUT2D eigenvalue weighted by molar-refractivity contribution is 0.579. The molecule has 0 aromatic carbocycles. The van der Waals surface area contributed by atoms with Gasteiger partial charge in [-0.05, 0) is 32.8 Å². The molecule has 0 aliphatic heterocycles. The number of guanidine groups is 1. The van der Waals surface area contributed by atoms with E-state index in [1.54, 1.807) is 13.1 Å². The Morgan fingerprint density at radius 1 is 1.30 bits per heavy atom. The van der Waals surface area contributed by atoms with Crippen molar-refractivity contribution in [1.29, 1.82) is 0 Å². The summed E-state index contributed by atoms with van der Waals surface area (Å²) in [6.07, 6.45) is 6.27. The number of nitrogens with zero attached hydrogens (tertiary/aromatic N) is 1. The largest absolute Gasteiger partial charge is 0.355 e. The predicted octanol–water partition coefficient (Wildman–Crippen LogP) is 1.53. The summed E-state index contributed by atoms with van der Waals surface area (Å²) >= 11 is 1.49. The molecule has 0 amide bonds. The van der Waals surface area contributed by atoms with Gasteiger partial charge in [-0.2, -0.15) is 0 Å². The molecule has 0 fully saturated rings. The van der Waals surface area contributed by atoms with Crippen LogP contribution in [0.2, 0.25) is 0 Å². The molecule has 0 saturated carbocycles. The zero-order valence-electron chi connectivity index (χ0n) is 13.7. The van der Waals surface area contributed by atoms with E-state index in [-0.39, 0.29) is 0 Å². The Morgan fingerprint density at radius 3 is 2.57 bits per heavy atom. The molecule has 8 heteroatoms. The van der Waals surface area contributed by atoms with Gasteiger partial charge in [-0.1, -0.05) is 12.2 Å². The molecule has 0 saturated heterocycles. The molecule has 3 N–H and O–H groups in total. The van der Waals surface area contributed by atoms with Crippen molar-refractivity contribution in [3.8, 4) is 0 Å². The van der Waals surface area contributed by atoms with E-state index < -0.39 is 10.0 Å². The topological polar surface area (TPSA) is 82.6 Å². The van der Waals surface area contributed by atoms with Crippen molar-refractivity contribution in [1.82, 2.24) is 15.4 Å². The monoisotopic (exact) mass is 356 g/mol. The highest BCUT2D eigenvalue weighted by molar-refractivity contribution is 7.89. The summed E-state index contributed by atoms with van der Waals surface area (Å²) in [6.45, 7) is 4.51. The molecule has 1 aromatic rings. The van der Waals surface area contributed by atoms with Crippen molar-refractivity contribution in [2.75, 3.05) is 20.1 Å². The summed E-state index contributed by atoms with van der Waals surface area (Å²) in [5.74, 6) is 0.695. The summed E-state index contributed by atoms with van der Waals surface area (Å²) in [7, 11) is -1.74. The Kier molecular flexibility index (Phi) is 6.20. The number of sulfonamides is 1. The van der Waals surface area contributed by atoms with E-state index in [1.165, 1.54) is 11.3 Å². The van der Waals surface area contributed by atoms with Crippen molar-refractivity contribution < 1.29 is 8.42 Å². The van der Waals surface area contributed by atoms with Gasteiger partial charge in [0.1, 0.15) is 0 Å². The number of hydrogen-bond acceptors (Lipinski definition) is 4. The van der Waals surface area contributed by atoms with E-state index in [0.29, 0.717) is 30.0 Å². The summed E-state index contributed by atoms with van der Waals surface area (Å²) in [5, 5.41) is 6.44. The second kappa shape index (κ2) is 7.94. The normalized spacial score (nSPS) is 16.0. The van der Waals surface area contributed by atoms with Crippen molar-refractivity contribution in [3.05, 3.63) is 28.0 Å². The lowest BCUT2D eigenvalue weighted by atomic mass is 10.2. The molecule has 0 radical (unpaired) electrons. The fourth-order valence-corrected chi connectivity index (χ4v) is 5.03. The van der Waals surface area contributed by atoms with Crippen LogP contribution in [0.1, 0.15) is 22.6 Å². The fourth-order valence-electron chi connectivity index (χ4n) is 2.44. The summed E-state index contributed by atoms with van der Waals surface area (Å²) in [4.78, 5) is 6.34. The van der Waals surface area contributed by atoms with Gasteiger partial charge in [0.2, 0.25) is 10.0 Å². The lowest BCUT2D eigenvalue weighted by Crippen LogP contribution is -2.45. The standard InChI is InChI=1S/C15H24N4O2S2/c1-11-10-14(12(2)22-11)23(20,21)18-9-8-17-15(16-3)19-13-6-4-5-7-13/h4-5,10,13,18H,6-9H2,1-3H3,(H2,16,17,19). The van der Waals surface area contributed by atoms with Crippen LogP contribution in [-0.4, -0.2) is 40.6 Å². The van der Waals surface area contributed by atoms with Gasteiger partial charge in [-0.25, -0.2) is 13.1 Å². The lowest BCUT2D eigenvalue weighted by Gasteiger charge is -2.17. The first-order valence-electron chi connectivity index (χ1n) is 7.61. The molecular formula is C15H24N4O2S2. The smallest absolute Gasteiger partial charge is 0.241 e. The summed E-state index contributed by atoms with van der Waals surface area (Å²) in [5.41, 5.74) is 0. The molecule has 128 valence electrons. The Morgan fingerprint density at radius 2 is 2.00 bits per heavy atom. The maximum atomic E-state index is 12.3. The van der Waals surface area contributed by atoms with Gasteiger partial charge in [0.15, 0.2) is 5.96 Å². The Balaban J connectivity index is 1.78. The van der Waals surface area contributed by atoms with E-state index in [2.05, 4.69) is 32.5 Å². The van der Waals surface area contributed by atoms with E-state index in [0.717, 1.165) is 22.6 Å². The van der Waals surface area contributed by atoms with Gasteiger partial charge in [-0.15, -0.1) is 11.3 Å². The number of nitrogens with one attached hydrogen (secondary N) is 3. The zero-order chi connectivity index (χ0) is 16.9. The van der Waals surface area contributed by atoms with E-state index in [9.17, 15) is 8.42 Å². The third kappa shape index (κ3) is 5.05. The second-order valence-corrected chi connectivity index (χ2v) is 8.65. The number of aliphatic imine (C=N–C) groups is 1. The SMILES string of the molecule is CN=C(NCCNS(=O)(=O)c1cc(C)sc1C)NC1CC=CC1. The molecule has 23 heavy (non-hydrogen) atoms. The van der Waals surface area contributed by atoms with Crippen LogP contribution >= 0.6 is 11.3 Å². The minimum Gasteiger partial charge on any atom is -0.355 e. The van der Waals surface area contributed by atoms with E-state index in [4.69, 9.17) is 0 Å². The quantitative estimate of drug-likeness (QED) is 0.312. The second-order valence-electron chi connectivity index (χ2n) is 5.46. The number of thiophene rings is 1. The van der Waals surface area contributed by atoms with Gasteiger partial charge < -0.3 is 10.6 Å². The molecule has 2 rings (SSSR count). The van der Waals surface area contributed by atoms with Crippen LogP contribution in [0, 0.1) is 13.8 Å². The number of hydrogen-bond donors (Lipinski definition) is 3.